The van der Waals surface area contributed by atoms with Crippen LogP contribution in [0.1, 0.15) is 19.4 Å². The first-order chi connectivity index (χ1) is 12.4. The molecule has 2 amide bonds. The van der Waals surface area contributed by atoms with Crippen molar-refractivity contribution in [2.75, 3.05) is 60.0 Å². The zero-order valence-electron chi connectivity index (χ0n) is 16.6. The summed E-state index contributed by atoms with van der Waals surface area (Å²) >= 11 is 0. The maximum atomic E-state index is 12.9. The molecule has 2 heterocycles. The van der Waals surface area contributed by atoms with Gasteiger partial charge in [-0.1, -0.05) is 6.07 Å². The summed E-state index contributed by atoms with van der Waals surface area (Å²) in [6.45, 7) is 10.8. The third-order valence-corrected chi connectivity index (χ3v) is 4.61. The third-order valence-electron chi connectivity index (χ3n) is 4.61. The molecule has 0 radical (unpaired) electrons. The van der Waals surface area contributed by atoms with Gasteiger partial charge in [-0.05, 0) is 32.5 Å². The number of methoxy groups -OCH3 is 1. The van der Waals surface area contributed by atoms with Crippen LogP contribution in [0.15, 0.2) is 24.5 Å². The molecule has 26 heavy (non-hydrogen) atoms. The Hall–Kier alpha value is -1.70. The van der Waals surface area contributed by atoms with Crippen LogP contribution in [0.3, 0.4) is 0 Å². The van der Waals surface area contributed by atoms with E-state index in [2.05, 4.69) is 41.0 Å². The molecule has 2 rings (SSSR count). The Kier molecular flexibility index (Phi) is 7.81. The maximum Gasteiger partial charge on any atom is 0.318 e. The van der Waals surface area contributed by atoms with E-state index in [-0.39, 0.29) is 11.6 Å². The minimum Gasteiger partial charge on any atom is -0.383 e. The predicted octanol–water partition coefficient (Wildman–Crippen LogP) is 1.27. The predicted molar refractivity (Wildman–Crippen MR) is 103 cm³/mol. The third kappa shape index (κ3) is 6.90. The number of amides is 2. The summed E-state index contributed by atoms with van der Waals surface area (Å²) < 4.78 is 5.17. The van der Waals surface area contributed by atoms with Crippen LogP contribution in [0.5, 0.6) is 0 Å². The van der Waals surface area contributed by atoms with E-state index in [0.29, 0.717) is 19.7 Å². The molecule has 1 aromatic rings. The molecule has 1 saturated heterocycles. The molecule has 1 fully saturated rings. The lowest BCUT2D eigenvalue weighted by atomic mass is 10.0. The van der Waals surface area contributed by atoms with E-state index in [9.17, 15) is 4.79 Å². The van der Waals surface area contributed by atoms with Crippen LogP contribution >= 0.6 is 0 Å². The SMILES string of the molecule is COCCN(Cc1cccnc1)C(=O)NC(C)(C)CN1CCN(C)CC1. The largest absolute Gasteiger partial charge is 0.383 e. The number of urea groups is 1. The van der Waals surface area contributed by atoms with Gasteiger partial charge in [0.05, 0.1) is 6.61 Å². The minimum atomic E-state index is -0.298. The molecule has 0 saturated carbocycles. The Labute approximate surface area is 157 Å². The number of aromatic nitrogens is 1. The van der Waals surface area contributed by atoms with Crippen molar-refractivity contribution in [3.8, 4) is 0 Å². The summed E-state index contributed by atoms with van der Waals surface area (Å²) in [4.78, 5) is 23.5. The van der Waals surface area contributed by atoms with Crippen LogP contribution in [-0.2, 0) is 11.3 Å². The van der Waals surface area contributed by atoms with Crippen molar-refractivity contribution in [2.45, 2.75) is 25.9 Å². The van der Waals surface area contributed by atoms with Gasteiger partial charge in [0.15, 0.2) is 0 Å². The number of pyridine rings is 1. The fourth-order valence-corrected chi connectivity index (χ4v) is 3.14. The zero-order valence-corrected chi connectivity index (χ0v) is 16.6. The van der Waals surface area contributed by atoms with Crippen molar-refractivity contribution < 1.29 is 9.53 Å². The average molecular weight is 364 g/mol. The second-order valence-corrected chi connectivity index (χ2v) is 7.67. The Morgan fingerprint density at radius 2 is 2.08 bits per heavy atom. The quantitative estimate of drug-likeness (QED) is 0.754. The molecule has 0 spiro atoms. The second-order valence-electron chi connectivity index (χ2n) is 7.67. The van der Waals surface area contributed by atoms with Gasteiger partial charge in [0.1, 0.15) is 0 Å². The van der Waals surface area contributed by atoms with Crippen molar-refractivity contribution in [1.82, 2.24) is 25.0 Å². The van der Waals surface area contributed by atoms with Gasteiger partial charge in [0, 0.05) is 70.9 Å². The molecular weight excluding hydrogens is 330 g/mol. The number of carbonyl (C=O) groups excluding carboxylic acids is 1. The van der Waals surface area contributed by atoms with E-state index in [4.69, 9.17) is 4.74 Å². The number of hydrogen-bond acceptors (Lipinski definition) is 5. The van der Waals surface area contributed by atoms with Crippen molar-refractivity contribution in [3.05, 3.63) is 30.1 Å². The Morgan fingerprint density at radius 1 is 1.35 bits per heavy atom. The summed E-state index contributed by atoms with van der Waals surface area (Å²) in [5.74, 6) is 0. The number of hydrogen-bond donors (Lipinski definition) is 1. The van der Waals surface area contributed by atoms with Crippen molar-refractivity contribution in [3.63, 3.8) is 0 Å². The number of likely N-dealkylation sites (N-methyl/N-ethyl adjacent to an activating group) is 1. The van der Waals surface area contributed by atoms with Crippen LogP contribution < -0.4 is 5.32 Å². The number of nitrogens with zero attached hydrogens (tertiary/aromatic N) is 4. The highest BCUT2D eigenvalue weighted by molar-refractivity contribution is 5.75. The Morgan fingerprint density at radius 3 is 2.69 bits per heavy atom. The first-order valence-corrected chi connectivity index (χ1v) is 9.25. The van der Waals surface area contributed by atoms with E-state index < -0.39 is 0 Å². The number of ether oxygens (including phenoxy) is 1. The summed E-state index contributed by atoms with van der Waals surface area (Å²) in [6.07, 6.45) is 3.53. The second kappa shape index (κ2) is 9.85. The number of rotatable bonds is 8. The number of nitrogens with one attached hydrogen (secondary N) is 1. The molecule has 7 nitrogen and oxygen atoms in total. The molecule has 1 N–H and O–H groups in total. The molecule has 7 heteroatoms. The molecule has 0 aromatic carbocycles. The number of piperazine rings is 1. The molecular formula is C19H33N5O2. The van der Waals surface area contributed by atoms with E-state index in [1.807, 2.05) is 12.1 Å². The standard InChI is InChI=1S/C19H33N5O2/c1-19(2,16-23-10-8-22(3)9-11-23)21-18(25)24(12-13-26-4)15-17-6-5-7-20-14-17/h5-7,14H,8-13,15-16H2,1-4H3,(H,21,25). The van der Waals surface area contributed by atoms with Crippen LogP contribution in [-0.4, -0.2) is 91.3 Å². The van der Waals surface area contributed by atoms with Gasteiger partial charge in [-0.25, -0.2) is 4.79 Å². The van der Waals surface area contributed by atoms with Gasteiger partial charge >= 0.3 is 6.03 Å². The van der Waals surface area contributed by atoms with E-state index in [1.54, 1.807) is 24.4 Å². The van der Waals surface area contributed by atoms with E-state index in [1.165, 1.54) is 0 Å². The van der Waals surface area contributed by atoms with Crippen LogP contribution in [0.2, 0.25) is 0 Å². The summed E-state index contributed by atoms with van der Waals surface area (Å²) in [6, 6.07) is 3.80. The first-order valence-electron chi connectivity index (χ1n) is 9.25. The van der Waals surface area contributed by atoms with Gasteiger partial charge in [-0.15, -0.1) is 0 Å². The fraction of sp³-hybridized carbons (Fsp3) is 0.684. The lowest BCUT2D eigenvalue weighted by Crippen LogP contribution is -2.57. The van der Waals surface area contributed by atoms with Gasteiger partial charge in [-0.3, -0.25) is 9.88 Å². The van der Waals surface area contributed by atoms with Gasteiger partial charge < -0.3 is 19.9 Å². The minimum absolute atomic E-state index is 0.0648. The first kappa shape index (κ1) is 20.6. The van der Waals surface area contributed by atoms with Gasteiger partial charge in [0.2, 0.25) is 0 Å². The van der Waals surface area contributed by atoms with Crippen LogP contribution in [0.4, 0.5) is 4.79 Å². The summed E-state index contributed by atoms with van der Waals surface area (Å²) in [5, 5.41) is 3.20. The molecule has 0 aliphatic carbocycles. The maximum absolute atomic E-state index is 12.9. The highest BCUT2D eigenvalue weighted by atomic mass is 16.5. The Balaban J connectivity index is 1.93. The lowest BCUT2D eigenvalue weighted by Gasteiger charge is -2.39. The van der Waals surface area contributed by atoms with Gasteiger partial charge in [-0.2, -0.15) is 0 Å². The highest BCUT2D eigenvalue weighted by Crippen LogP contribution is 2.11. The molecule has 0 atom stereocenters. The molecule has 0 bridgehead atoms. The fourth-order valence-electron chi connectivity index (χ4n) is 3.14. The lowest BCUT2D eigenvalue weighted by molar-refractivity contribution is 0.115. The topological polar surface area (TPSA) is 60.9 Å². The summed E-state index contributed by atoms with van der Waals surface area (Å²) in [7, 11) is 3.80. The zero-order chi connectivity index (χ0) is 19.0. The van der Waals surface area contributed by atoms with Crippen LogP contribution in [0, 0.1) is 0 Å². The average Bonchev–Trinajstić information content (AvgIpc) is 2.60. The smallest absolute Gasteiger partial charge is 0.318 e. The van der Waals surface area contributed by atoms with E-state index in [0.717, 1.165) is 38.3 Å². The number of carbonyl (C=O) groups is 1. The van der Waals surface area contributed by atoms with E-state index >= 15 is 0 Å². The van der Waals surface area contributed by atoms with Gasteiger partial charge in [0.25, 0.3) is 0 Å². The Bertz CT molecular complexity index is 544. The van der Waals surface area contributed by atoms with Crippen LogP contribution in [0.25, 0.3) is 0 Å². The molecule has 0 unspecified atom stereocenters. The van der Waals surface area contributed by atoms with Crippen molar-refractivity contribution in [1.29, 1.82) is 0 Å². The highest BCUT2D eigenvalue weighted by Gasteiger charge is 2.27. The molecule has 1 aliphatic heterocycles. The summed E-state index contributed by atoms with van der Waals surface area (Å²) in [5.41, 5.74) is 0.711. The van der Waals surface area contributed by atoms with Crippen molar-refractivity contribution in [2.24, 2.45) is 0 Å². The molecule has 1 aliphatic rings. The van der Waals surface area contributed by atoms with Crippen molar-refractivity contribution >= 4 is 6.03 Å². The normalized spacial score (nSPS) is 16.5. The molecule has 1 aromatic heterocycles. The monoisotopic (exact) mass is 363 g/mol. The molecule has 146 valence electrons.